The molecule has 0 saturated carbocycles. The zero-order chi connectivity index (χ0) is 18.5. The van der Waals surface area contributed by atoms with Gasteiger partial charge in [-0.15, -0.1) is 0 Å². The molecule has 26 heavy (non-hydrogen) atoms. The second-order valence-corrected chi connectivity index (χ2v) is 6.91. The molecule has 1 aromatic carbocycles. The highest BCUT2D eigenvalue weighted by Crippen LogP contribution is 2.11. The van der Waals surface area contributed by atoms with Gasteiger partial charge in [0.1, 0.15) is 0 Å². The fraction of sp³-hybridized carbons (Fsp3) is 0.500. The standard InChI is InChI=1S/C20H28N4O2/c1-16-18(15-21-12-14-23-13-8-4-7-11-19(23)25)20(26)24(22(16)2)17-9-5-3-6-10-17/h3,5-6,9-10,21H,4,7-8,11-15H2,1-2H3. The van der Waals surface area contributed by atoms with Crippen LogP contribution in [0.5, 0.6) is 0 Å². The van der Waals surface area contributed by atoms with Crippen molar-refractivity contribution in [2.24, 2.45) is 7.05 Å². The van der Waals surface area contributed by atoms with Crippen molar-refractivity contribution in [2.75, 3.05) is 19.6 Å². The molecule has 140 valence electrons. The van der Waals surface area contributed by atoms with Gasteiger partial charge in [-0.05, 0) is 31.9 Å². The van der Waals surface area contributed by atoms with E-state index >= 15 is 0 Å². The molecule has 1 saturated heterocycles. The van der Waals surface area contributed by atoms with E-state index in [1.807, 2.05) is 53.9 Å². The Hall–Kier alpha value is -2.34. The first kappa shape index (κ1) is 18.5. The number of hydrogen-bond donors (Lipinski definition) is 1. The van der Waals surface area contributed by atoms with E-state index in [9.17, 15) is 9.59 Å². The molecular weight excluding hydrogens is 328 g/mol. The molecular formula is C20H28N4O2. The molecule has 0 atom stereocenters. The van der Waals surface area contributed by atoms with Crippen LogP contribution in [0.3, 0.4) is 0 Å². The van der Waals surface area contributed by atoms with Crippen LogP contribution in [0.2, 0.25) is 0 Å². The molecule has 0 aliphatic carbocycles. The van der Waals surface area contributed by atoms with E-state index in [4.69, 9.17) is 0 Å². The molecule has 0 radical (unpaired) electrons. The summed E-state index contributed by atoms with van der Waals surface area (Å²) in [6.07, 6.45) is 3.90. The van der Waals surface area contributed by atoms with Crippen LogP contribution in [0.25, 0.3) is 5.69 Å². The highest BCUT2D eigenvalue weighted by atomic mass is 16.2. The lowest BCUT2D eigenvalue weighted by Crippen LogP contribution is -2.36. The minimum atomic E-state index is 0.00884. The number of likely N-dealkylation sites (tertiary alicyclic amines) is 1. The molecule has 2 aromatic rings. The fourth-order valence-corrected chi connectivity index (χ4v) is 3.53. The summed E-state index contributed by atoms with van der Waals surface area (Å²) in [6, 6.07) is 9.67. The van der Waals surface area contributed by atoms with Crippen molar-refractivity contribution in [3.05, 3.63) is 51.9 Å². The number of hydrogen-bond acceptors (Lipinski definition) is 3. The summed E-state index contributed by atoms with van der Waals surface area (Å²) in [5.41, 5.74) is 2.61. The van der Waals surface area contributed by atoms with Crippen LogP contribution in [0.4, 0.5) is 0 Å². The Kier molecular flexibility index (Phi) is 5.93. The van der Waals surface area contributed by atoms with Gasteiger partial charge >= 0.3 is 0 Å². The van der Waals surface area contributed by atoms with Crippen LogP contribution < -0.4 is 10.9 Å². The van der Waals surface area contributed by atoms with Crippen molar-refractivity contribution in [3.8, 4) is 5.69 Å². The van der Waals surface area contributed by atoms with Gasteiger partial charge in [0.2, 0.25) is 5.91 Å². The van der Waals surface area contributed by atoms with Gasteiger partial charge in [-0.3, -0.25) is 14.3 Å². The number of nitrogens with zero attached hydrogens (tertiary/aromatic N) is 3. The van der Waals surface area contributed by atoms with Crippen molar-refractivity contribution in [1.29, 1.82) is 0 Å². The third kappa shape index (κ3) is 3.90. The fourth-order valence-electron chi connectivity index (χ4n) is 3.53. The number of benzene rings is 1. The van der Waals surface area contributed by atoms with E-state index in [1.54, 1.807) is 4.68 Å². The van der Waals surface area contributed by atoms with Crippen LogP contribution in [0, 0.1) is 6.92 Å². The number of amides is 1. The summed E-state index contributed by atoms with van der Waals surface area (Å²) in [4.78, 5) is 26.8. The maximum atomic E-state index is 12.8. The van der Waals surface area contributed by atoms with Crippen molar-refractivity contribution in [1.82, 2.24) is 19.6 Å². The molecule has 0 spiro atoms. The Morgan fingerprint density at radius 3 is 2.62 bits per heavy atom. The minimum Gasteiger partial charge on any atom is -0.341 e. The number of para-hydroxylation sites is 1. The van der Waals surface area contributed by atoms with Gasteiger partial charge in [-0.25, -0.2) is 4.68 Å². The molecule has 1 aliphatic heterocycles. The van der Waals surface area contributed by atoms with Gasteiger partial charge in [0.15, 0.2) is 0 Å². The molecule has 2 heterocycles. The SMILES string of the molecule is Cc1c(CNCCN2CCCCCC2=O)c(=O)n(-c2ccccc2)n1C. The summed E-state index contributed by atoms with van der Waals surface area (Å²) in [5, 5.41) is 3.34. The summed E-state index contributed by atoms with van der Waals surface area (Å²) < 4.78 is 3.59. The minimum absolute atomic E-state index is 0.00884. The number of nitrogens with one attached hydrogen (secondary N) is 1. The van der Waals surface area contributed by atoms with E-state index < -0.39 is 0 Å². The van der Waals surface area contributed by atoms with Crippen molar-refractivity contribution < 1.29 is 4.79 Å². The van der Waals surface area contributed by atoms with E-state index in [2.05, 4.69) is 5.32 Å². The largest absolute Gasteiger partial charge is 0.341 e. The predicted octanol–water partition coefficient (Wildman–Crippen LogP) is 1.98. The maximum Gasteiger partial charge on any atom is 0.276 e. The molecule has 6 heteroatoms. The topological polar surface area (TPSA) is 59.3 Å². The van der Waals surface area contributed by atoms with Crippen molar-refractivity contribution in [2.45, 2.75) is 39.2 Å². The average Bonchev–Trinajstić information content (AvgIpc) is 2.79. The second kappa shape index (κ2) is 8.36. The zero-order valence-electron chi connectivity index (χ0n) is 15.7. The smallest absolute Gasteiger partial charge is 0.276 e. The predicted molar refractivity (Wildman–Crippen MR) is 103 cm³/mol. The summed E-state index contributed by atoms with van der Waals surface area (Å²) in [5.74, 6) is 0.256. The highest BCUT2D eigenvalue weighted by Gasteiger charge is 2.17. The molecule has 1 N–H and O–H groups in total. The van der Waals surface area contributed by atoms with E-state index in [-0.39, 0.29) is 11.5 Å². The molecule has 1 aliphatic rings. The summed E-state index contributed by atoms with van der Waals surface area (Å²) in [7, 11) is 1.91. The van der Waals surface area contributed by atoms with Crippen LogP contribution in [-0.2, 0) is 18.4 Å². The van der Waals surface area contributed by atoms with Gasteiger partial charge in [-0.2, -0.15) is 0 Å². The Morgan fingerprint density at radius 2 is 1.85 bits per heavy atom. The highest BCUT2D eigenvalue weighted by molar-refractivity contribution is 5.76. The monoisotopic (exact) mass is 356 g/mol. The number of carbonyl (C=O) groups is 1. The average molecular weight is 356 g/mol. The lowest BCUT2D eigenvalue weighted by atomic mass is 10.2. The Balaban J connectivity index is 1.64. The molecule has 6 nitrogen and oxygen atoms in total. The number of carbonyl (C=O) groups excluding carboxylic acids is 1. The van der Waals surface area contributed by atoms with Gasteiger partial charge in [0.25, 0.3) is 5.56 Å². The van der Waals surface area contributed by atoms with Crippen LogP contribution in [0.1, 0.15) is 36.9 Å². The number of rotatable bonds is 6. The van der Waals surface area contributed by atoms with Crippen LogP contribution >= 0.6 is 0 Å². The van der Waals surface area contributed by atoms with E-state index in [1.165, 1.54) is 0 Å². The summed E-state index contributed by atoms with van der Waals surface area (Å²) in [6.45, 7) is 4.74. The van der Waals surface area contributed by atoms with Gasteiger partial charge < -0.3 is 10.2 Å². The summed E-state index contributed by atoms with van der Waals surface area (Å²) >= 11 is 0. The third-order valence-corrected chi connectivity index (χ3v) is 5.21. The molecule has 0 bridgehead atoms. The van der Waals surface area contributed by atoms with Gasteiger partial charge in [0.05, 0.1) is 11.3 Å². The first-order valence-electron chi connectivity index (χ1n) is 9.41. The van der Waals surface area contributed by atoms with E-state index in [0.29, 0.717) is 26.1 Å². The molecule has 3 rings (SSSR count). The molecule has 1 fully saturated rings. The lowest BCUT2D eigenvalue weighted by Gasteiger charge is -2.20. The third-order valence-electron chi connectivity index (χ3n) is 5.21. The molecule has 0 unspecified atom stereocenters. The quantitative estimate of drug-likeness (QED) is 0.805. The normalized spacial score (nSPS) is 15.3. The zero-order valence-corrected chi connectivity index (χ0v) is 15.7. The van der Waals surface area contributed by atoms with Gasteiger partial charge in [-0.1, -0.05) is 24.6 Å². The van der Waals surface area contributed by atoms with Gasteiger partial charge in [0, 0.05) is 45.3 Å². The Labute approximate surface area is 154 Å². The molecule has 1 aromatic heterocycles. The van der Waals surface area contributed by atoms with Crippen LogP contribution in [-0.4, -0.2) is 39.8 Å². The molecule has 1 amide bonds. The van der Waals surface area contributed by atoms with E-state index in [0.717, 1.165) is 42.8 Å². The van der Waals surface area contributed by atoms with Crippen LogP contribution in [0.15, 0.2) is 35.1 Å². The lowest BCUT2D eigenvalue weighted by molar-refractivity contribution is -0.130. The van der Waals surface area contributed by atoms with Crippen molar-refractivity contribution >= 4 is 5.91 Å². The maximum absolute atomic E-state index is 12.8. The Morgan fingerprint density at radius 1 is 1.08 bits per heavy atom. The first-order chi connectivity index (χ1) is 12.6. The van der Waals surface area contributed by atoms with Crippen molar-refractivity contribution in [3.63, 3.8) is 0 Å². The first-order valence-corrected chi connectivity index (χ1v) is 9.41. The Bertz CT molecular complexity index is 807. The second-order valence-electron chi connectivity index (χ2n) is 6.91. The number of aromatic nitrogens is 2.